The monoisotopic (exact) mass is 360 g/mol. The second kappa shape index (κ2) is 7.38. The molecule has 2 saturated heterocycles. The normalized spacial score (nSPS) is 18.2. The van der Waals surface area contributed by atoms with Crippen molar-refractivity contribution in [1.29, 1.82) is 0 Å². The first-order valence-electron chi connectivity index (χ1n) is 8.67. The molecule has 4 rings (SSSR count). The van der Waals surface area contributed by atoms with E-state index in [1.54, 1.807) is 18.2 Å². The molecule has 0 aliphatic carbocycles. The molecule has 9 heteroatoms. The molecule has 0 radical (unpaired) electrons. The van der Waals surface area contributed by atoms with Crippen molar-refractivity contribution < 1.29 is 13.9 Å². The maximum atomic E-state index is 14.4. The number of halogens is 1. The molecule has 2 aliphatic heterocycles. The standard InChI is InChI=1S/C17H21FN6O2/c18-16-12(1-2-14(19)21-16)13-11-15(23-3-7-25-8-4-23)22-17(20-13)24-5-9-26-10-6-24/h1-2,11H,3-10H2,(H2,19,21). The van der Waals surface area contributed by atoms with Crippen molar-refractivity contribution in [1.82, 2.24) is 15.0 Å². The zero-order chi connectivity index (χ0) is 17.9. The summed E-state index contributed by atoms with van der Waals surface area (Å²) in [5, 5.41) is 0. The van der Waals surface area contributed by atoms with Crippen molar-refractivity contribution in [3.05, 3.63) is 24.1 Å². The Bertz CT molecular complexity index is 742. The molecule has 0 spiro atoms. The molecule has 0 saturated carbocycles. The number of anilines is 3. The Hall–Kier alpha value is -2.52. The number of pyridine rings is 1. The Morgan fingerprint density at radius 1 is 0.885 bits per heavy atom. The van der Waals surface area contributed by atoms with Gasteiger partial charge in [-0.2, -0.15) is 9.37 Å². The Labute approximate surface area is 150 Å². The van der Waals surface area contributed by atoms with E-state index in [-0.39, 0.29) is 5.82 Å². The average molecular weight is 360 g/mol. The molecular weight excluding hydrogens is 339 g/mol. The van der Waals surface area contributed by atoms with Gasteiger partial charge in [0, 0.05) is 32.2 Å². The predicted octanol–water partition coefficient (Wildman–Crippen LogP) is 0.933. The summed E-state index contributed by atoms with van der Waals surface area (Å²) in [6, 6.07) is 4.97. The van der Waals surface area contributed by atoms with E-state index in [1.807, 2.05) is 0 Å². The number of rotatable bonds is 3. The first-order chi connectivity index (χ1) is 12.7. The van der Waals surface area contributed by atoms with Crippen LogP contribution in [0, 0.1) is 5.95 Å². The summed E-state index contributed by atoms with van der Waals surface area (Å²) in [5.41, 5.74) is 6.38. The molecule has 0 aromatic carbocycles. The average Bonchev–Trinajstić information content (AvgIpc) is 2.69. The van der Waals surface area contributed by atoms with E-state index in [0.717, 1.165) is 18.9 Å². The van der Waals surface area contributed by atoms with Gasteiger partial charge in [-0.25, -0.2) is 9.97 Å². The first kappa shape index (κ1) is 16.9. The van der Waals surface area contributed by atoms with Crippen LogP contribution in [0.25, 0.3) is 11.3 Å². The van der Waals surface area contributed by atoms with Gasteiger partial charge < -0.3 is 25.0 Å². The van der Waals surface area contributed by atoms with Crippen molar-refractivity contribution in [2.75, 3.05) is 68.1 Å². The van der Waals surface area contributed by atoms with E-state index >= 15 is 0 Å². The van der Waals surface area contributed by atoms with Gasteiger partial charge in [0.1, 0.15) is 11.6 Å². The third-order valence-electron chi connectivity index (χ3n) is 4.48. The van der Waals surface area contributed by atoms with Crippen molar-refractivity contribution in [3.8, 4) is 11.3 Å². The van der Waals surface area contributed by atoms with Gasteiger partial charge in [0.2, 0.25) is 11.9 Å². The molecule has 2 aromatic rings. The second-order valence-corrected chi connectivity index (χ2v) is 6.18. The number of hydrogen-bond acceptors (Lipinski definition) is 8. The largest absolute Gasteiger partial charge is 0.384 e. The summed E-state index contributed by atoms with van der Waals surface area (Å²) >= 11 is 0. The highest BCUT2D eigenvalue weighted by Gasteiger charge is 2.21. The Morgan fingerprint density at radius 3 is 2.19 bits per heavy atom. The van der Waals surface area contributed by atoms with E-state index in [9.17, 15) is 4.39 Å². The first-order valence-corrected chi connectivity index (χ1v) is 8.67. The van der Waals surface area contributed by atoms with Gasteiger partial charge in [-0.05, 0) is 12.1 Å². The lowest BCUT2D eigenvalue weighted by atomic mass is 10.2. The molecule has 26 heavy (non-hydrogen) atoms. The highest BCUT2D eigenvalue weighted by Crippen LogP contribution is 2.27. The molecule has 8 nitrogen and oxygen atoms in total. The fraction of sp³-hybridized carbons (Fsp3) is 0.471. The number of nitrogens with two attached hydrogens (primary N) is 1. The van der Waals surface area contributed by atoms with E-state index in [0.29, 0.717) is 56.7 Å². The van der Waals surface area contributed by atoms with Crippen molar-refractivity contribution >= 4 is 17.6 Å². The lowest BCUT2D eigenvalue weighted by Gasteiger charge is -2.31. The van der Waals surface area contributed by atoms with Crippen LogP contribution in [0.1, 0.15) is 0 Å². The molecule has 0 amide bonds. The van der Waals surface area contributed by atoms with Gasteiger partial charge in [-0.1, -0.05) is 0 Å². The second-order valence-electron chi connectivity index (χ2n) is 6.18. The molecule has 2 fully saturated rings. The van der Waals surface area contributed by atoms with E-state index in [1.165, 1.54) is 0 Å². The minimum absolute atomic E-state index is 0.141. The number of hydrogen-bond donors (Lipinski definition) is 1. The van der Waals surface area contributed by atoms with Crippen molar-refractivity contribution in [2.45, 2.75) is 0 Å². The zero-order valence-corrected chi connectivity index (χ0v) is 14.4. The minimum atomic E-state index is -0.635. The third kappa shape index (κ3) is 3.54. The van der Waals surface area contributed by atoms with Crippen LogP contribution in [-0.4, -0.2) is 67.6 Å². The molecule has 0 bridgehead atoms. The summed E-state index contributed by atoms with van der Waals surface area (Å²) in [5.74, 6) is 0.839. The fourth-order valence-electron chi connectivity index (χ4n) is 3.06. The van der Waals surface area contributed by atoms with Crippen LogP contribution in [0.3, 0.4) is 0 Å². The van der Waals surface area contributed by atoms with Gasteiger partial charge in [0.25, 0.3) is 0 Å². The number of nitrogen functional groups attached to an aromatic ring is 1. The summed E-state index contributed by atoms with van der Waals surface area (Å²) < 4.78 is 25.2. The highest BCUT2D eigenvalue weighted by molar-refractivity contribution is 5.66. The van der Waals surface area contributed by atoms with Gasteiger partial charge in [-0.15, -0.1) is 0 Å². The molecule has 138 valence electrons. The van der Waals surface area contributed by atoms with E-state index < -0.39 is 5.95 Å². The minimum Gasteiger partial charge on any atom is -0.384 e. The van der Waals surface area contributed by atoms with Gasteiger partial charge >= 0.3 is 0 Å². The summed E-state index contributed by atoms with van der Waals surface area (Å²) in [6.07, 6.45) is 0. The number of ether oxygens (including phenoxy) is 2. The molecular formula is C17H21FN6O2. The van der Waals surface area contributed by atoms with Crippen LogP contribution in [0.4, 0.5) is 22.0 Å². The van der Waals surface area contributed by atoms with Gasteiger partial charge in [-0.3, -0.25) is 0 Å². The topological polar surface area (TPSA) is 89.6 Å². The fourth-order valence-corrected chi connectivity index (χ4v) is 3.06. The maximum absolute atomic E-state index is 14.4. The van der Waals surface area contributed by atoms with Crippen molar-refractivity contribution in [2.24, 2.45) is 0 Å². The third-order valence-corrected chi connectivity index (χ3v) is 4.48. The molecule has 4 heterocycles. The van der Waals surface area contributed by atoms with Crippen LogP contribution in [0.2, 0.25) is 0 Å². The Morgan fingerprint density at radius 2 is 1.54 bits per heavy atom. The summed E-state index contributed by atoms with van der Waals surface area (Å²) in [4.78, 5) is 17.2. The van der Waals surface area contributed by atoms with E-state index in [4.69, 9.17) is 20.2 Å². The van der Waals surface area contributed by atoms with Crippen LogP contribution >= 0.6 is 0 Å². The van der Waals surface area contributed by atoms with Crippen LogP contribution in [-0.2, 0) is 9.47 Å². The van der Waals surface area contributed by atoms with E-state index in [2.05, 4.69) is 19.8 Å². The van der Waals surface area contributed by atoms with Crippen LogP contribution < -0.4 is 15.5 Å². The molecule has 2 aromatic heterocycles. The maximum Gasteiger partial charge on any atom is 0.228 e. The summed E-state index contributed by atoms with van der Waals surface area (Å²) in [7, 11) is 0. The quantitative estimate of drug-likeness (QED) is 0.809. The lowest BCUT2D eigenvalue weighted by molar-refractivity contribution is 0.121. The summed E-state index contributed by atoms with van der Waals surface area (Å²) in [6.45, 7) is 5.41. The highest BCUT2D eigenvalue weighted by atomic mass is 19.1. The van der Waals surface area contributed by atoms with Gasteiger partial charge in [0.05, 0.1) is 37.7 Å². The number of aromatic nitrogens is 3. The van der Waals surface area contributed by atoms with Crippen LogP contribution in [0.15, 0.2) is 18.2 Å². The SMILES string of the molecule is Nc1ccc(-c2cc(N3CCOCC3)nc(N3CCOCC3)n2)c(F)n1. The molecule has 2 N–H and O–H groups in total. The molecule has 0 atom stereocenters. The molecule has 2 aliphatic rings. The predicted molar refractivity (Wildman–Crippen MR) is 95.7 cm³/mol. The van der Waals surface area contributed by atoms with Crippen molar-refractivity contribution in [3.63, 3.8) is 0 Å². The Balaban J connectivity index is 1.76. The van der Waals surface area contributed by atoms with Gasteiger partial charge in [0.15, 0.2) is 0 Å². The Kier molecular flexibility index (Phi) is 4.81. The zero-order valence-electron chi connectivity index (χ0n) is 14.4. The number of nitrogens with zero attached hydrogens (tertiary/aromatic N) is 5. The smallest absolute Gasteiger partial charge is 0.228 e. The number of morpholine rings is 2. The molecule has 0 unspecified atom stereocenters. The lowest BCUT2D eigenvalue weighted by Crippen LogP contribution is -2.39. The van der Waals surface area contributed by atoms with Crippen LogP contribution in [0.5, 0.6) is 0 Å².